The van der Waals surface area contributed by atoms with Gasteiger partial charge >= 0.3 is 0 Å². The third-order valence-electron chi connectivity index (χ3n) is 4.09. The second-order valence-corrected chi connectivity index (χ2v) is 7.15. The van der Waals surface area contributed by atoms with Crippen molar-refractivity contribution in [1.29, 1.82) is 0 Å². The normalized spacial score (nSPS) is 10.6. The van der Waals surface area contributed by atoms with E-state index in [1.165, 1.54) is 21.7 Å². The van der Waals surface area contributed by atoms with Crippen LogP contribution in [0.2, 0.25) is 0 Å². The highest BCUT2D eigenvalue weighted by Crippen LogP contribution is 2.34. The second kappa shape index (κ2) is 8.69. The van der Waals surface area contributed by atoms with Crippen LogP contribution in [0.1, 0.15) is 15.9 Å². The van der Waals surface area contributed by atoms with Gasteiger partial charge in [0, 0.05) is 32.3 Å². The van der Waals surface area contributed by atoms with Crippen molar-refractivity contribution in [2.75, 3.05) is 14.2 Å². The fourth-order valence-electron chi connectivity index (χ4n) is 2.62. The van der Waals surface area contributed by atoms with Crippen molar-refractivity contribution in [3.05, 3.63) is 63.7 Å². The molecule has 0 aliphatic heterocycles. The zero-order valence-electron chi connectivity index (χ0n) is 16.0. The number of benzene rings is 2. The summed E-state index contributed by atoms with van der Waals surface area (Å²) in [5.41, 5.74) is 0.929. The highest BCUT2D eigenvalue weighted by Gasteiger charge is 2.22. The maximum atomic E-state index is 12.8. The zero-order chi connectivity index (χ0) is 21.0. The molecule has 0 saturated carbocycles. The molecule has 1 heterocycles. The first kappa shape index (κ1) is 20.3. The van der Waals surface area contributed by atoms with Crippen molar-refractivity contribution in [2.45, 2.75) is 16.6 Å². The number of ether oxygens (including phenoxy) is 1. The molecule has 0 radical (unpaired) electrons. The first-order chi connectivity index (χ1) is 13.9. The van der Waals surface area contributed by atoms with E-state index < -0.39 is 4.92 Å². The quantitative estimate of drug-likeness (QED) is 0.428. The van der Waals surface area contributed by atoms with Crippen LogP contribution in [-0.2, 0) is 13.6 Å². The predicted molar refractivity (Wildman–Crippen MR) is 105 cm³/mol. The van der Waals surface area contributed by atoms with Crippen LogP contribution in [0.4, 0.5) is 5.69 Å². The highest BCUT2D eigenvalue weighted by molar-refractivity contribution is 7.99. The summed E-state index contributed by atoms with van der Waals surface area (Å²) in [4.78, 5) is 25.6. The van der Waals surface area contributed by atoms with Gasteiger partial charge in [-0.25, -0.2) is 4.68 Å². The third-order valence-corrected chi connectivity index (χ3v) is 5.18. The molecule has 0 bridgehead atoms. The Morgan fingerprint density at radius 3 is 2.76 bits per heavy atom. The number of nitrogens with zero attached hydrogens (tertiary/aromatic N) is 6. The molecular weight excluding hydrogens is 396 g/mol. The van der Waals surface area contributed by atoms with Crippen molar-refractivity contribution < 1.29 is 14.5 Å². The van der Waals surface area contributed by atoms with Gasteiger partial charge in [0.25, 0.3) is 11.6 Å². The first-order valence-electron chi connectivity index (χ1n) is 8.46. The smallest absolute Gasteiger partial charge is 0.284 e. The number of hydrogen-bond donors (Lipinski definition) is 0. The van der Waals surface area contributed by atoms with Gasteiger partial charge < -0.3 is 9.64 Å². The Hall–Kier alpha value is -3.47. The number of nitro groups is 1. The SMILES string of the molecule is COc1cccc(CN(C)C(=O)c2ccc(Sc3nnnn3C)c([N+](=O)[O-])c2)c1. The molecule has 150 valence electrons. The molecule has 2 aromatic carbocycles. The number of amides is 1. The summed E-state index contributed by atoms with van der Waals surface area (Å²) in [6, 6.07) is 11.7. The van der Waals surface area contributed by atoms with Crippen LogP contribution in [0.3, 0.4) is 0 Å². The van der Waals surface area contributed by atoms with Crippen LogP contribution in [0.15, 0.2) is 52.5 Å². The van der Waals surface area contributed by atoms with Crippen molar-refractivity contribution in [3.8, 4) is 5.75 Å². The zero-order valence-corrected chi connectivity index (χ0v) is 16.8. The number of rotatable bonds is 7. The number of carbonyl (C=O) groups is 1. The largest absolute Gasteiger partial charge is 0.497 e. The van der Waals surface area contributed by atoms with Gasteiger partial charge in [0.2, 0.25) is 5.16 Å². The van der Waals surface area contributed by atoms with E-state index in [4.69, 9.17) is 4.74 Å². The molecule has 3 aromatic rings. The molecule has 10 nitrogen and oxygen atoms in total. The van der Waals surface area contributed by atoms with Crippen molar-refractivity contribution in [2.24, 2.45) is 7.05 Å². The Bertz CT molecular complexity index is 1050. The van der Waals surface area contributed by atoms with Crippen molar-refractivity contribution in [3.63, 3.8) is 0 Å². The molecule has 0 aliphatic carbocycles. The van der Waals surface area contributed by atoms with Gasteiger partial charge in [0.05, 0.1) is 16.9 Å². The molecule has 0 aliphatic rings. The molecular formula is C18H18N6O4S. The van der Waals surface area contributed by atoms with E-state index >= 15 is 0 Å². The molecule has 29 heavy (non-hydrogen) atoms. The molecule has 0 spiro atoms. The monoisotopic (exact) mass is 414 g/mol. The predicted octanol–water partition coefficient (Wildman–Crippen LogP) is 2.55. The lowest BCUT2D eigenvalue weighted by Gasteiger charge is -2.18. The summed E-state index contributed by atoms with van der Waals surface area (Å²) in [6.07, 6.45) is 0. The van der Waals surface area contributed by atoms with Crippen molar-refractivity contribution >= 4 is 23.4 Å². The van der Waals surface area contributed by atoms with Gasteiger partial charge in [-0.2, -0.15) is 0 Å². The van der Waals surface area contributed by atoms with Crippen LogP contribution >= 0.6 is 11.8 Å². The van der Waals surface area contributed by atoms with Gasteiger partial charge in [-0.1, -0.05) is 12.1 Å². The molecule has 0 unspecified atom stereocenters. The Morgan fingerprint density at radius 1 is 1.31 bits per heavy atom. The second-order valence-electron chi connectivity index (χ2n) is 6.14. The van der Waals surface area contributed by atoms with Crippen LogP contribution < -0.4 is 4.74 Å². The Labute approximate surface area is 170 Å². The summed E-state index contributed by atoms with van der Waals surface area (Å²) in [6.45, 7) is 0.338. The summed E-state index contributed by atoms with van der Waals surface area (Å²) in [5.74, 6) is 0.367. The van der Waals surface area contributed by atoms with E-state index in [0.717, 1.165) is 17.3 Å². The number of methoxy groups -OCH3 is 1. The van der Waals surface area contributed by atoms with Gasteiger partial charge in [-0.3, -0.25) is 14.9 Å². The minimum Gasteiger partial charge on any atom is -0.497 e. The first-order valence-corrected chi connectivity index (χ1v) is 9.27. The maximum Gasteiger partial charge on any atom is 0.284 e. The molecule has 0 N–H and O–H groups in total. The minimum atomic E-state index is -0.523. The lowest BCUT2D eigenvalue weighted by atomic mass is 10.1. The van der Waals surface area contributed by atoms with E-state index in [-0.39, 0.29) is 17.2 Å². The molecule has 1 amide bonds. The lowest BCUT2D eigenvalue weighted by molar-refractivity contribution is -0.387. The van der Waals surface area contributed by atoms with E-state index in [1.54, 1.807) is 27.3 Å². The van der Waals surface area contributed by atoms with Gasteiger partial charge in [-0.15, -0.1) is 5.10 Å². The van der Waals surface area contributed by atoms with Gasteiger partial charge in [0.15, 0.2) is 0 Å². The third kappa shape index (κ3) is 4.69. The Balaban J connectivity index is 1.82. The standard InChI is InChI=1S/C18H18N6O4S/c1-22(11-12-5-4-6-14(9-12)28-3)17(25)13-7-8-16(15(10-13)24(26)27)29-18-19-20-21-23(18)2/h4-10H,11H2,1-3H3. The number of aromatic nitrogens is 4. The molecule has 1 aromatic heterocycles. The molecule has 0 saturated heterocycles. The van der Waals surface area contributed by atoms with Crippen LogP contribution in [0.5, 0.6) is 5.75 Å². The van der Waals surface area contributed by atoms with Gasteiger partial charge in [-0.05, 0) is 52.0 Å². The topological polar surface area (TPSA) is 116 Å². The minimum absolute atomic E-state index is 0.182. The lowest BCUT2D eigenvalue weighted by Crippen LogP contribution is -2.26. The van der Waals surface area contributed by atoms with E-state index in [1.807, 2.05) is 24.3 Å². The van der Waals surface area contributed by atoms with E-state index in [2.05, 4.69) is 15.5 Å². The number of hydrogen-bond acceptors (Lipinski definition) is 8. The summed E-state index contributed by atoms with van der Waals surface area (Å²) in [7, 11) is 4.85. The van der Waals surface area contributed by atoms with Crippen LogP contribution in [0.25, 0.3) is 0 Å². The van der Waals surface area contributed by atoms with Crippen molar-refractivity contribution in [1.82, 2.24) is 25.1 Å². The molecule has 11 heteroatoms. The average Bonchev–Trinajstić information content (AvgIpc) is 3.12. The maximum absolute atomic E-state index is 12.8. The van der Waals surface area contributed by atoms with Gasteiger partial charge in [0.1, 0.15) is 5.75 Å². The number of tetrazole rings is 1. The molecule has 0 fully saturated rings. The molecule has 3 rings (SSSR count). The summed E-state index contributed by atoms with van der Waals surface area (Å²) >= 11 is 1.06. The van der Waals surface area contributed by atoms with E-state index in [0.29, 0.717) is 22.3 Å². The van der Waals surface area contributed by atoms with Crippen LogP contribution in [-0.4, -0.2) is 50.1 Å². The fraction of sp³-hybridized carbons (Fsp3) is 0.222. The van der Waals surface area contributed by atoms with E-state index in [9.17, 15) is 14.9 Å². The summed E-state index contributed by atoms with van der Waals surface area (Å²) in [5, 5.41) is 23.0. The number of aryl methyl sites for hydroxylation is 1. The average molecular weight is 414 g/mol. The number of carbonyl (C=O) groups excluding carboxylic acids is 1. The highest BCUT2D eigenvalue weighted by atomic mass is 32.2. The molecule has 0 atom stereocenters. The fourth-order valence-corrected chi connectivity index (χ4v) is 3.44. The number of nitro benzene ring substituents is 1. The summed E-state index contributed by atoms with van der Waals surface area (Å²) < 4.78 is 6.60. The van der Waals surface area contributed by atoms with Crippen LogP contribution in [0, 0.1) is 10.1 Å². The Kier molecular flexibility index (Phi) is 6.07. The Morgan fingerprint density at radius 2 is 2.10 bits per heavy atom.